The largest absolute Gasteiger partial charge is 0.461 e. The minimum Gasteiger partial charge on any atom is -0.461 e. The van der Waals surface area contributed by atoms with Gasteiger partial charge < -0.3 is 9.30 Å². The highest BCUT2D eigenvalue weighted by atomic mass is 16.5. The molecule has 0 unspecified atom stereocenters. The molecule has 0 fully saturated rings. The predicted molar refractivity (Wildman–Crippen MR) is 102 cm³/mol. The number of carbonyl (C=O) groups is 1. The molecule has 0 aliphatic heterocycles. The number of rotatable bonds is 4. The summed E-state index contributed by atoms with van der Waals surface area (Å²) in [6.07, 6.45) is 1.66. The van der Waals surface area contributed by atoms with Gasteiger partial charge >= 0.3 is 5.97 Å². The zero-order valence-electron chi connectivity index (χ0n) is 15.1. The first-order valence-electron chi connectivity index (χ1n) is 8.49. The quantitative estimate of drug-likeness (QED) is 0.644. The fourth-order valence-electron chi connectivity index (χ4n) is 3.16. The number of hydrogen-bond donors (Lipinski definition) is 0. The van der Waals surface area contributed by atoms with Crippen molar-refractivity contribution in [1.29, 1.82) is 5.26 Å². The Hall–Kier alpha value is -3.32. The van der Waals surface area contributed by atoms with Crippen molar-refractivity contribution in [3.63, 3.8) is 0 Å². The summed E-state index contributed by atoms with van der Waals surface area (Å²) in [6.45, 7) is 4.13. The van der Waals surface area contributed by atoms with Crippen LogP contribution in [0.15, 0.2) is 54.7 Å². The number of nitrogens with zero attached hydrogens (tertiary/aromatic N) is 2. The van der Waals surface area contributed by atoms with Gasteiger partial charge in [0.1, 0.15) is 11.8 Å². The molecule has 26 heavy (non-hydrogen) atoms. The maximum absolute atomic E-state index is 12.4. The molecule has 3 rings (SSSR count). The van der Waals surface area contributed by atoms with Gasteiger partial charge in [0.25, 0.3) is 0 Å². The first kappa shape index (κ1) is 17.5. The molecule has 2 aromatic carbocycles. The van der Waals surface area contributed by atoms with Gasteiger partial charge in [0.05, 0.1) is 12.2 Å². The number of nitriles is 1. The molecule has 4 nitrogen and oxygen atoms in total. The molecular weight excluding hydrogens is 324 g/mol. The van der Waals surface area contributed by atoms with Crippen molar-refractivity contribution in [3.8, 4) is 28.3 Å². The van der Waals surface area contributed by atoms with E-state index >= 15 is 0 Å². The van der Waals surface area contributed by atoms with Crippen molar-refractivity contribution in [2.45, 2.75) is 13.8 Å². The lowest BCUT2D eigenvalue weighted by Crippen LogP contribution is -2.10. The lowest BCUT2D eigenvalue weighted by molar-refractivity contribution is 0.0516. The van der Waals surface area contributed by atoms with Crippen molar-refractivity contribution in [3.05, 3.63) is 71.5 Å². The molecule has 0 N–H and O–H groups in total. The van der Waals surface area contributed by atoms with Gasteiger partial charge in [-0.25, -0.2) is 4.79 Å². The van der Waals surface area contributed by atoms with Gasteiger partial charge in [0, 0.05) is 18.8 Å². The summed E-state index contributed by atoms with van der Waals surface area (Å²) in [5, 5.41) is 9.48. The van der Waals surface area contributed by atoms with Crippen LogP contribution in [0.2, 0.25) is 0 Å². The fraction of sp³-hybridized carbons (Fsp3) is 0.182. The van der Waals surface area contributed by atoms with Crippen LogP contribution < -0.4 is 0 Å². The van der Waals surface area contributed by atoms with Crippen LogP contribution in [-0.4, -0.2) is 17.1 Å². The molecule has 3 aromatic rings. The summed E-state index contributed by atoms with van der Waals surface area (Å²) in [6, 6.07) is 18.3. The van der Waals surface area contributed by atoms with E-state index in [2.05, 4.69) is 25.1 Å². The molecule has 1 heterocycles. The van der Waals surface area contributed by atoms with Crippen molar-refractivity contribution >= 4 is 5.97 Å². The number of carbonyl (C=O) groups excluding carboxylic acids is 1. The van der Waals surface area contributed by atoms with Gasteiger partial charge in [0.2, 0.25) is 0 Å². The molecule has 4 heteroatoms. The Balaban J connectivity index is 2.09. The molecule has 1 aromatic heterocycles. The molecule has 0 aliphatic rings. The minimum absolute atomic E-state index is 0.289. The maximum Gasteiger partial charge on any atom is 0.355 e. The van der Waals surface area contributed by atoms with Crippen molar-refractivity contribution in [2.24, 2.45) is 7.05 Å². The average Bonchev–Trinajstić information content (AvgIpc) is 2.99. The molecule has 0 saturated heterocycles. The standard InChI is InChI=1S/C22H20N2O2/c1-4-26-22(25)21-20(18(13-23)14-24(21)3)17-11-9-16(10-12-17)19-8-6-5-7-15(19)2/h5-12,14H,4H2,1-3H3. The molecule has 0 radical (unpaired) electrons. The third-order valence-corrected chi connectivity index (χ3v) is 4.40. The van der Waals surface area contributed by atoms with E-state index < -0.39 is 5.97 Å². The topological polar surface area (TPSA) is 55.0 Å². The van der Waals surface area contributed by atoms with E-state index in [1.165, 1.54) is 11.1 Å². The normalized spacial score (nSPS) is 10.4. The van der Waals surface area contributed by atoms with E-state index in [0.717, 1.165) is 11.1 Å². The Kier molecular flexibility index (Phi) is 4.90. The van der Waals surface area contributed by atoms with Crippen LogP contribution in [0, 0.1) is 18.3 Å². The first-order valence-corrected chi connectivity index (χ1v) is 8.49. The Morgan fingerprint density at radius 2 is 1.77 bits per heavy atom. The Morgan fingerprint density at radius 3 is 2.38 bits per heavy atom. The van der Waals surface area contributed by atoms with E-state index in [-0.39, 0.29) is 6.61 Å². The second kappa shape index (κ2) is 7.28. The average molecular weight is 344 g/mol. The zero-order valence-corrected chi connectivity index (χ0v) is 15.1. The van der Waals surface area contributed by atoms with Crippen LogP contribution in [0.25, 0.3) is 22.3 Å². The van der Waals surface area contributed by atoms with Gasteiger partial charge in [0.15, 0.2) is 0 Å². The van der Waals surface area contributed by atoms with Gasteiger partial charge in [-0.2, -0.15) is 5.26 Å². The highest BCUT2D eigenvalue weighted by molar-refractivity contribution is 5.98. The fourth-order valence-corrected chi connectivity index (χ4v) is 3.16. The van der Waals surface area contributed by atoms with E-state index in [9.17, 15) is 10.1 Å². The van der Waals surface area contributed by atoms with Crippen LogP contribution in [-0.2, 0) is 11.8 Å². The Morgan fingerprint density at radius 1 is 1.12 bits per heavy atom. The summed E-state index contributed by atoms with van der Waals surface area (Å²) in [5.41, 5.74) is 5.75. The lowest BCUT2D eigenvalue weighted by atomic mass is 9.96. The van der Waals surface area contributed by atoms with Crippen LogP contribution >= 0.6 is 0 Å². The van der Waals surface area contributed by atoms with Crippen molar-refractivity contribution in [2.75, 3.05) is 6.61 Å². The number of aromatic nitrogens is 1. The number of ether oxygens (including phenoxy) is 1. The first-order chi connectivity index (χ1) is 12.6. The van der Waals surface area contributed by atoms with E-state index in [1.807, 2.05) is 36.4 Å². The Bertz CT molecular complexity index is 992. The molecule has 0 aliphatic carbocycles. The summed E-state index contributed by atoms with van der Waals surface area (Å²) in [5.74, 6) is -0.422. The predicted octanol–water partition coefficient (Wildman–Crippen LogP) is 4.72. The molecule has 0 saturated carbocycles. The molecule has 0 bridgehead atoms. The summed E-state index contributed by atoms with van der Waals surface area (Å²) >= 11 is 0. The molecule has 0 amide bonds. The second-order valence-electron chi connectivity index (χ2n) is 6.10. The zero-order chi connectivity index (χ0) is 18.7. The Labute approximate surface area is 153 Å². The summed E-state index contributed by atoms with van der Waals surface area (Å²) < 4.78 is 6.82. The number of esters is 1. The van der Waals surface area contributed by atoms with Crippen LogP contribution in [0.4, 0.5) is 0 Å². The van der Waals surface area contributed by atoms with Crippen LogP contribution in [0.1, 0.15) is 28.5 Å². The smallest absolute Gasteiger partial charge is 0.355 e. The van der Waals surface area contributed by atoms with E-state index in [0.29, 0.717) is 16.8 Å². The number of hydrogen-bond acceptors (Lipinski definition) is 3. The number of aryl methyl sites for hydroxylation is 2. The molecule has 0 atom stereocenters. The van der Waals surface area contributed by atoms with Crippen LogP contribution in [0.5, 0.6) is 0 Å². The molecule has 0 spiro atoms. The lowest BCUT2D eigenvalue weighted by Gasteiger charge is -2.09. The summed E-state index contributed by atoms with van der Waals surface area (Å²) in [4.78, 5) is 12.4. The minimum atomic E-state index is -0.422. The van der Waals surface area contributed by atoms with Gasteiger partial charge in [-0.15, -0.1) is 0 Å². The van der Waals surface area contributed by atoms with E-state index in [4.69, 9.17) is 4.74 Å². The van der Waals surface area contributed by atoms with Gasteiger partial charge in [-0.3, -0.25) is 0 Å². The second-order valence-corrected chi connectivity index (χ2v) is 6.10. The monoisotopic (exact) mass is 344 g/mol. The third kappa shape index (κ3) is 3.12. The van der Waals surface area contributed by atoms with Crippen molar-refractivity contribution < 1.29 is 9.53 Å². The highest BCUT2D eigenvalue weighted by Gasteiger charge is 2.22. The highest BCUT2D eigenvalue weighted by Crippen LogP contribution is 2.32. The third-order valence-electron chi connectivity index (χ3n) is 4.40. The summed E-state index contributed by atoms with van der Waals surface area (Å²) in [7, 11) is 1.75. The van der Waals surface area contributed by atoms with Gasteiger partial charge in [-0.1, -0.05) is 48.5 Å². The SMILES string of the molecule is CCOC(=O)c1c(-c2ccc(-c3ccccc3C)cc2)c(C#N)cn1C. The van der Waals surface area contributed by atoms with Gasteiger partial charge in [-0.05, 0) is 36.1 Å². The molecule has 130 valence electrons. The number of benzene rings is 2. The maximum atomic E-state index is 12.4. The van der Waals surface area contributed by atoms with E-state index in [1.54, 1.807) is 24.7 Å². The molecular formula is C22H20N2O2. The van der Waals surface area contributed by atoms with Crippen molar-refractivity contribution in [1.82, 2.24) is 4.57 Å². The van der Waals surface area contributed by atoms with Crippen LogP contribution in [0.3, 0.4) is 0 Å².